The monoisotopic (exact) mass is 444 g/mol. The molecule has 3 atom stereocenters. The highest BCUT2D eigenvalue weighted by Crippen LogP contribution is 2.52. The van der Waals surface area contributed by atoms with Gasteiger partial charge in [0.25, 0.3) is 5.91 Å². The van der Waals surface area contributed by atoms with Crippen molar-refractivity contribution in [1.82, 2.24) is 20.2 Å². The highest BCUT2D eigenvalue weighted by molar-refractivity contribution is 9.10. The lowest BCUT2D eigenvalue weighted by Crippen LogP contribution is -2.56. The number of amides is 2. The Bertz CT molecular complexity index is 945. The van der Waals surface area contributed by atoms with Gasteiger partial charge in [0, 0.05) is 42.3 Å². The van der Waals surface area contributed by atoms with Crippen molar-refractivity contribution in [3.63, 3.8) is 0 Å². The van der Waals surface area contributed by atoms with Crippen molar-refractivity contribution >= 4 is 38.6 Å². The normalized spacial score (nSPS) is 26.1. The molecule has 4 rings (SSSR count). The molecule has 2 aromatic heterocycles. The van der Waals surface area contributed by atoms with Crippen molar-refractivity contribution in [3.05, 3.63) is 34.7 Å². The van der Waals surface area contributed by atoms with Gasteiger partial charge in [-0.2, -0.15) is 0 Å². The second-order valence-electron chi connectivity index (χ2n) is 8.63. The molecule has 0 aromatic carbocycles. The largest absolute Gasteiger partial charge is 0.346 e. The Morgan fingerprint density at radius 1 is 1.29 bits per heavy atom. The molecule has 6 nitrogen and oxygen atoms in total. The van der Waals surface area contributed by atoms with Crippen LogP contribution in [0.3, 0.4) is 0 Å². The van der Waals surface area contributed by atoms with Crippen LogP contribution in [0.1, 0.15) is 50.5 Å². The van der Waals surface area contributed by atoms with Crippen LogP contribution < -0.4 is 5.32 Å². The Labute approximate surface area is 173 Å². The van der Waals surface area contributed by atoms with Crippen molar-refractivity contribution in [3.8, 4) is 0 Å². The number of pyridine rings is 2. The molecular formula is C21H25BrN4O2. The van der Waals surface area contributed by atoms with Gasteiger partial charge in [0.2, 0.25) is 5.91 Å². The molecule has 0 radical (unpaired) electrons. The van der Waals surface area contributed by atoms with E-state index >= 15 is 0 Å². The van der Waals surface area contributed by atoms with Crippen LogP contribution in [0, 0.1) is 11.3 Å². The third-order valence-corrected chi connectivity index (χ3v) is 6.77. The van der Waals surface area contributed by atoms with Crippen LogP contribution in [0.15, 0.2) is 29.0 Å². The fourth-order valence-corrected chi connectivity index (χ4v) is 4.55. The first-order valence-corrected chi connectivity index (χ1v) is 10.6. The molecule has 28 heavy (non-hydrogen) atoms. The summed E-state index contributed by atoms with van der Waals surface area (Å²) in [5.74, 6) is 0.151. The molecule has 3 heterocycles. The maximum atomic E-state index is 12.9. The fraction of sp³-hybridized carbons (Fsp3) is 0.524. The first kappa shape index (κ1) is 19.3. The number of hydrogen-bond acceptors (Lipinski definition) is 4. The maximum Gasteiger partial charge on any atom is 0.270 e. The number of hydrogen-bond donors (Lipinski definition) is 1. The standard InChI is InChI=1S/C21H25BrN4O2/c1-12-16(5-4-8-26(12)20(28)14-9-21(14,2)3)25-19(27)17-7-6-13-10-23-11-15(22)18(13)24-17/h6-7,10-12,14,16H,4-5,8-9H2,1-3H3,(H,25,27)/t12-,14-,16-/m1/s1. The van der Waals surface area contributed by atoms with Crippen LogP contribution >= 0.6 is 15.9 Å². The van der Waals surface area contributed by atoms with E-state index in [-0.39, 0.29) is 35.2 Å². The van der Waals surface area contributed by atoms with E-state index < -0.39 is 0 Å². The van der Waals surface area contributed by atoms with Crippen LogP contribution in [0.5, 0.6) is 0 Å². The summed E-state index contributed by atoms with van der Waals surface area (Å²) in [5.41, 5.74) is 1.20. The average Bonchev–Trinajstić information content (AvgIpc) is 3.31. The summed E-state index contributed by atoms with van der Waals surface area (Å²) in [6.07, 6.45) is 6.11. The predicted octanol–water partition coefficient (Wildman–Crippen LogP) is 3.55. The topological polar surface area (TPSA) is 75.2 Å². The second-order valence-corrected chi connectivity index (χ2v) is 9.48. The van der Waals surface area contributed by atoms with E-state index in [1.54, 1.807) is 18.5 Å². The molecule has 0 bridgehead atoms. The van der Waals surface area contributed by atoms with Crippen LogP contribution in [-0.4, -0.2) is 45.3 Å². The van der Waals surface area contributed by atoms with E-state index in [1.165, 1.54) is 0 Å². The highest BCUT2D eigenvalue weighted by Gasteiger charge is 2.53. The number of piperidine rings is 1. The zero-order chi connectivity index (χ0) is 20.1. The third-order valence-electron chi connectivity index (χ3n) is 6.19. The van der Waals surface area contributed by atoms with E-state index in [2.05, 4.69) is 45.1 Å². The maximum absolute atomic E-state index is 12.9. The molecule has 2 amide bonds. The minimum absolute atomic E-state index is 0.0157. The zero-order valence-electron chi connectivity index (χ0n) is 16.4. The number of halogens is 1. The number of aromatic nitrogens is 2. The summed E-state index contributed by atoms with van der Waals surface area (Å²) >= 11 is 3.44. The fourth-order valence-electron chi connectivity index (χ4n) is 4.11. The number of likely N-dealkylation sites (tertiary alicyclic amines) is 1. The van der Waals surface area contributed by atoms with Crippen molar-refractivity contribution in [2.75, 3.05) is 6.54 Å². The Morgan fingerprint density at radius 2 is 2.04 bits per heavy atom. The van der Waals surface area contributed by atoms with Crippen molar-refractivity contribution in [2.24, 2.45) is 11.3 Å². The van der Waals surface area contributed by atoms with Gasteiger partial charge in [0.1, 0.15) is 5.69 Å². The zero-order valence-corrected chi connectivity index (χ0v) is 18.0. The summed E-state index contributed by atoms with van der Waals surface area (Å²) in [6.45, 7) is 7.09. The Hall–Kier alpha value is -2.02. The molecule has 2 aromatic rings. The summed E-state index contributed by atoms with van der Waals surface area (Å²) in [5, 5.41) is 3.98. The Balaban J connectivity index is 1.48. The van der Waals surface area contributed by atoms with Gasteiger partial charge in [-0.3, -0.25) is 14.6 Å². The Kier molecular flexibility index (Phi) is 4.89. The number of carbonyl (C=O) groups excluding carboxylic acids is 2. The van der Waals surface area contributed by atoms with Gasteiger partial charge in [-0.15, -0.1) is 0 Å². The first-order valence-electron chi connectivity index (χ1n) is 9.79. The molecular weight excluding hydrogens is 420 g/mol. The molecule has 1 N–H and O–H groups in total. The van der Waals surface area contributed by atoms with Gasteiger partial charge < -0.3 is 10.2 Å². The molecule has 0 spiro atoms. The summed E-state index contributed by atoms with van der Waals surface area (Å²) in [7, 11) is 0. The van der Waals surface area contributed by atoms with Crippen LogP contribution in [0.25, 0.3) is 10.9 Å². The molecule has 2 fully saturated rings. The summed E-state index contributed by atoms with van der Waals surface area (Å²) in [4.78, 5) is 36.3. The van der Waals surface area contributed by atoms with Gasteiger partial charge in [-0.25, -0.2) is 4.98 Å². The van der Waals surface area contributed by atoms with Crippen LogP contribution in [0.4, 0.5) is 0 Å². The number of rotatable bonds is 3. The minimum atomic E-state index is -0.205. The van der Waals surface area contributed by atoms with E-state index in [9.17, 15) is 9.59 Å². The number of fused-ring (bicyclic) bond motifs is 1. The predicted molar refractivity (Wildman–Crippen MR) is 111 cm³/mol. The van der Waals surface area contributed by atoms with Gasteiger partial charge in [0.05, 0.1) is 9.99 Å². The van der Waals surface area contributed by atoms with Gasteiger partial charge in [0.15, 0.2) is 0 Å². The van der Waals surface area contributed by atoms with E-state index in [1.807, 2.05) is 17.9 Å². The van der Waals surface area contributed by atoms with Crippen molar-refractivity contribution < 1.29 is 9.59 Å². The van der Waals surface area contributed by atoms with Gasteiger partial charge in [-0.1, -0.05) is 13.8 Å². The average molecular weight is 445 g/mol. The van der Waals surface area contributed by atoms with Gasteiger partial charge in [-0.05, 0) is 59.7 Å². The molecule has 2 aliphatic rings. The van der Waals surface area contributed by atoms with Gasteiger partial charge >= 0.3 is 0 Å². The molecule has 1 saturated carbocycles. The lowest BCUT2D eigenvalue weighted by atomic mass is 9.96. The van der Waals surface area contributed by atoms with Crippen molar-refractivity contribution in [1.29, 1.82) is 0 Å². The molecule has 1 aliphatic carbocycles. The minimum Gasteiger partial charge on any atom is -0.346 e. The number of carbonyl (C=O) groups is 2. The molecule has 1 aliphatic heterocycles. The smallest absolute Gasteiger partial charge is 0.270 e. The van der Waals surface area contributed by atoms with E-state index in [4.69, 9.17) is 0 Å². The quantitative estimate of drug-likeness (QED) is 0.784. The number of nitrogens with one attached hydrogen (secondary N) is 1. The van der Waals surface area contributed by atoms with Crippen LogP contribution in [0.2, 0.25) is 0 Å². The third kappa shape index (κ3) is 3.52. The molecule has 148 valence electrons. The van der Waals surface area contributed by atoms with E-state index in [0.29, 0.717) is 11.2 Å². The lowest BCUT2D eigenvalue weighted by Gasteiger charge is -2.40. The number of nitrogens with zero attached hydrogens (tertiary/aromatic N) is 3. The van der Waals surface area contributed by atoms with E-state index in [0.717, 1.165) is 35.7 Å². The SMILES string of the molecule is C[C@@H]1[C@H](NC(=O)c2ccc3cncc(Br)c3n2)CCCN1C(=O)[C@H]1CC1(C)C. The summed E-state index contributed by atoms with van der Waals surface area (Å²) in [6, 6.07) is 3.49. The highest BCUT2D eigenvalue weighted by atomic mass is 79.9. The molecule has 1 saturated heterocycles. The van der Waals surface area contributed by atoms with Crippen molar-refractivity contribution in [2.45, 2.75) is 52.1 Å². The van der Waals surface area contributed by atoms with Crippen LogP contribution in [-0.2, 0) is 4.79 Å². The Morgan fingerprint density at radius 3 is 2.75 bits per heavy atom. The second kappa shape index (κ2) is 7.10. The summed E-state index contributed by atoms with van der Waals surface area (Å²) < 4.78 is 0.759. The first-order chi connectivity index (χ1) is 13.3. The molecule has 7 heteroatoms. The molecule has 0 unspecified atom stereocenters. The lowest BCUT2D eigenvalue weighted by molar-refractivity contribution is -0.137.